The van der Waals surface area contributed by atoms with Crippen molar-refractivity contribution >= 4 is 5.82 Å². The van der Waals surface area contributed by atoms with Crippen molar-refractivity contribution in [2.24, 2.45) is 5.92 Å². The molecule has 0 spiro atoms. The Hall–Kier alpha value is -2.27. The van der Waals surface area contributed by atoms with Crippen LogP contribution in [0.1, 0.15) is 30.9 Å². The van der Waals surface area contributed by atoms with Crippen molar-refractivity contribution in [1.82, 2.24) is 10.3 Å². The van der Waals surface area contributed by atoms with Gasteiger partial charge >= 0.3 is 0 Å². The number of aromatic nitrogens is 1. The molecule has 132 valence electrons. The number of nitrogens with zero attached hydrogens (tertiary/aromatic N) is 2. The van der Waals surface area contributed by atoms with Crippen molar-refractivity contribution in [3.8, 4) is 11.5 Å². The molecule has 2 aromatic rings. The van der Waals surface area contributed by atoms with Gasteiger partial charge in [0.15, 0.2) is 11.5 Å². The SMILES string of the molecule is CC1CCN(c2cc(CNCc3cccc4c3OCO4)ccn2)CC1. The van der Waals surface area contributed by atoms with Crippen molar-refractivity contribution in [3.63, 3.8) is 0 Å². The van der Waals surface area contributed by atoms with Gasteiger partial charge in [-0.1, -0.05) is 19.1 Å². The van der Waals surface area contributed by atoms with Crippen LogP contribution in [0, 0.1) is 5.92 Å². The van der Waals surface area contributed by atoms with Gasteiger partial charge in [0.25, 0.3) is 0 Å². The maximum atomic E-state index is 5.56. The first kappa shape index (κ1) is 16.2. The second-order valence-corrected chi connectivity index (χ2v) is 6.95. The topological polar surface area (TPSA) is 46.6 Å². The molecule has 2 aliphatic heterocycles. The molecule has 0 atom stereocenters. The number of piperidine rings is 1. The lowest BCUT2D eigenvalue weighted by molar-refractivity contribution is 0.173. The summed E-state index contributed by atoms with van der Waals surface area (Å²) in [5, 5.41) is 3.50. The Morgan fingerprint density at radius 2 is 2.04 bits per heavy atom. The summed E-state index contributed by atoms with van der Waals surface area (Å²) in [6, 6.07) is 10.3. The minimum Gasteiger partial charge on any atom is -0.454 e. The lowest BCUT2D eigenvalue weighted by Crippen LogP contribution is -2.33. The normalized spacial score (nSPS) is 17.1. The third-order valence-corrected chi connectivity index (χ3v) is 5.04. The summed E-state index contributed by atoms with van der Waals surface area (Å²) >= 11 is 0. The second kappa shape index (κ2) is 7.31. The van der Waals surface area contributed by atoms with E-state index in [2.05, 4.69) is 40.3 Å². The van der Waals surface area contributed by atoms with Crippen molar-refractivity contribution < 1.29 is 9.47 Å². The number of fused-ring (bicyclic) bond motifs is 1. The van der Waals surface area contributed by atoms with Crippen LogP contribution < -0.4 is 19.7 Å². The third-order valence-electron chi connectivity index (χ3n) is 5.04. The zero-order valence-electron chi connectivity index (χ0n) is 14.7. The van der Waals surface area contributed by atoms with Crippen LogP contribution in [-0.4, -0.2) is 24.9 Å². The molecule has 1 N–H and O–H groups in total. The van der Waals surface area contributed by atoms with Crippen LogP contribution in [0.15, 0.2) is 36.5 Å². The maximum Gasteiger partial charge on any atom is 0.231 e. The highest BCUT2D eigenvalue weighted by Crippen LogP contribution is 2.35. The highest BCUT2D eigenvalue weighted by molar-refractivity contribution is 5.48. The smallest absolute Gasteiger partial charge is 0.231 e. The number of rotatable bonds is 5. The summed E-state index contributed by atoms with van der Waals surface area (Å²) in [4.78, 5) is 6.96. The molecular formula is C20H25N3O2. The lowest BCUT2D eigenvalue weighted by Gasteiger charge is -2.31. The monoisotopic (exact) mass is 339 g/mol. The molecule has 0 amide bonds. The number of nitrogens with one attached hydrogen (secondary N) is 1. The van der Waals surface area contributed by atoms with Crippen molar-refractivity contribution in [2.45, 2.75) is 32.9 Å². The zero-order chi connectivity index (χ0) is 17.1. The number of anilines is 1. The van der Waals surface area contributed by atoms with Gasteiger partial charge in [-0.3, -0.25) is 0 Å². The Morgan fingerprint density at radius 1 is 1.16 bits per heavy atom. The van der Waals surface area contributed by atoms with E-state index in [-0.39, 0.29) is 0 Å². The van der Waals surface area contributed by atoms with Crippen LogP contribution in [0.5, 0.6) is 11.5 Å². The van der Waals surface area contributed by atoms with Gasteiger partial charge in [-0.05, 0) is 42.5 Å². The Labute approximate surface area is 149 Å². The van der Waals surface area contributed by atoms with E-state index in [1.807, 2.05) is 18.3 Å². The number of benzene rings is 1. The van der Waals surface area contributed by atoms with E-state index in [1.54, 1.807) is 0 Å². The second-order valence-electron chi connectivity index (χ2n) is 6.95. The number of ether oxygens (including phenoxy) is 2. The molecule has 1 aromatic heterocycles. The highest BCUT2D eigenvalue weighted by Gasteiger charge is 2.18. The van der Waals surface area contributed by atoms with Crippen LogP contribution in [0.4, 0.5) is 5.82 Å². The number of hydrogen-bond donors (Lipinski definition) is 1. The van der Waals surface area contributed by atoms with E-state index in [9.17, 15) is 0 Å². The number of pyridine rings is 1. The number of para-hydroxylation sites is 1. The quantitative estimate of drug-likeness (QED) is 0.905. The van der Waals surface area contributed by atoms with Crippen LogP contribution >= 0.6 is 0 Å². The lowest BCUT2D eigenvalue weighted by atomic mass is 9.99. The minimum atomic E-state index is 0.314. The van der Waals surface area contributed by atoms with Gasteiger partial charge in [-0.15, -0.1) is 0 Å². The molecule has 25 heavy (non-hydrogen) atoms. The van der Waals surface area contributed by atoms with Crippen molar-refractivity contribution in [3.05, 3.63) is 47.7 Å². The van der Waals surface area contributed by atoms with E-state index in [0.29, 0.717) is 6.79 Å². The number of hydrogen-bond acceptors (Lipinski definition) is 5. The molecule has 1 aromatic carbocycles. The standard InChI is InChI=1S/C20H25N3O2/c1-15-6-9-23(10-7-15)19-11-16(5-8-22-19)12-21-13-17-3-2-4-18-20(17)25-14-24-18/h2-5,8,11,15,21H,6-7,9-10,12-14H2,1H3. The summed E-state index contributed by atoms with van der Waals surface area (Å²) in [5.41, 5.74) is 2.39. The molecule has 0 radical (unpaired) electrons. The molecule has 3 heterocycles. The highest BCUT2D eigenvalue weighted by atomic mass is 16.7. The third kappa shape index (κ3) is 3.71. The summed E-state index contributed by atoms with van der Waals surface area (Å²) < 4.78 is 11.0. The predicted octanol–water partition coefficient (Wildman–Crippen LogP) is 3.34. The molecule has 0 bridgehead atoms. The Bertz CT molecular complexity index is 727. The predicted molar refractivity (Wildman–Crippen MR) is 98.0 cm³/mol. The molecule has 1 saturated heterocycles. The molecule has 0 saturated carbocycles. The van der Waals surface area contributed by atoms with E-state index >= 15 is 0 Å². The van der Waals surface area contributed by atoms with Crippen molar-refractivity contribution in [1.29, 1.82) is 0 Å². The molecule has 5 heteroatoms. The fraction of sp³-hybridized carbons (Fsp3) is 0.450. The molecule has 5 nitrogen and oxygen atoms in total. The fourth-order valence-electron chi connectivity index (χ4n) is 3.45. The summed E-state index contributed by atoms with van der Waals surface area (Å²) in [6.07, 6.45) is 4.43. The summed E-state index contributed by atoms with van der Waals surface area (Å²) in [5.74, 6) is 3.64. The van der Waals surface area contributed by atoms with Crippen LogP contribution in [0.2, 0.25) is 0 Å². The zero-order valence-corrected chi connectivity index (χ0v) is 14.7. The molecular weight excluding hydrogens is 314 g/mol. The van der Waals surface area contributed by atoms with Gasteiger partial charge in [0, 0.05) is 37.9 Å². The Kier molecular flexibility index (Phi) is 4.74. The largest absolute Gasteiger partial charge is 0.454 e. The Balaban J connectivity index is 1.36. The molecule has 0 aliphatic carbocycles. The first-order valence-electron chi connectivity index (χ1n) is 9.07. The summed E-state index contributed by atoms with van der Waals surface area (Å²) in [6.45, 7) is 6.43. The average molecular weight is 339 g/mol. The van der Waals surface area contributed by atoms with E-state index in [4.69, 9.17) is 9.47 Å². The maximum absolute atomic E-state index is 5.56. The first-order valence-corrected chi connectivity index (χ1v) is 9.07. The minimum absolute atomic E-state index is 0.314. The molecule has 0 unspecified atom stereocenters. The van der Waals surface area contributed by atoms with Gasteiger partial charge in [0.2, 0.25) is 6.79 Å². The van der Waals surface area contributed by atoms with E-state index < -0.39 is 0 Å². The van der Waals surface area contributed by atoms with Gasteiger partial charge < -0.3 is 19.7 Å². The van der Waals surface area contributed by atoms with Crippen LogP contribution in [0.3, 0.4) is 0 Å². The van der Waals surface area contributed by atoms with Gasteiger partial charge in [0.05, 0.1) is 0 Å². The first-order chi connectivity index (χ1) is 12.3. The van der Waals surface area contributed by atoms with Crippen LogP contribution in [-0.2, 0) is 13.1 Å². The average Bonchev–Trinajstić information content (AvgIpc) is 3.12. The van der Waals surface area contributed by atoms with Gasteiger partial charge in [0.1, 0.15) is 5.82 Å². The van der Waals surface area contributed by atoms with E-state index in [0.717, 1.165) is 55.0 Å². The van der Waals surface area contributed by atoms with Gasteiger partial charge in [-0.2, -0.15) is 0 Å². The summed E-state index contributed by atoms with van der Waals surface area (Å²) in [7, 11) is 0. The molecule has 1 fully saturated rings. The fourth-order valence-corrected chi connectivity index (χ4v) is 3.45. The van der Waals surface area contributed by atoms with Gasteiger partial charge in [-0.25, -0.2) is 4.98 Å². The molecule has 2 aliphatic rings. The Morgan fingerprint density at radius 3 is 2.92 bits per heavy atom. The molecule has 4 rings (SSSR count). The van der Waals surface area contributed by atoms with Crippen LogP contribution in [0.25, 0.3) is 0 Å². The van der Waals surface area contributed by atoms with Crippen molar-refractivity contribution in [2.75, 3.05) is 24.8 Å². The van der Waals surface area contributed by atoms with E-state index in [1.165, 1.54) is 18.4 Å².